The van der Waals surface area contributed by atoms with Crippen LogP contribution in [0, 0.1) is 0 Å². The van der Waals surface area contributed by atoms with Gasteiger partial charge in [0.25, 0.3) is 0 Å². The highest BCUT2D eigenvalue weighted by molar-refractivity contribution is 5.26. The van der Waals surface area contributed by atoms with E-state index < -0.39 is 0 Å². The third-order valence-corrected chi connectivity index (χ3v) is 1.85. The minimum atomic E-state index is 0.758. The minimum absolute atomic E-state index is 0.758. The second kappa shape index (κ2) is 7.01. The van der Waals surface area contributed by atoms with E-state index in [1.807, 2.05) is 38.2 Å². The maximum absolute atomic E-state index is 5.64. The molecule has 0 amide bonds. The first kappa shape index (κ1) is 12.6. The van der Waals surface area contributed by atoms with Crippen molar-refractivity contribution < 1.29 is 0 Å². The van der Waals surface area contributed by atoms with Crippen LogP contribution in [-0.2, 0) is 0 Å². The predicted molar refractivity (Wildman–Crippen MR) is 63.4 cm³/mol. The molecule has 14 heavy (non-hydrogen) atoms. The van der Waals surface area contributed by atoms with Gasteiger partial charge in [-0.25, -0.2) is 0 Å². The molecule has 0 fully saturated rings. The Kier molecular flexibility index (Phi) is 6.29. The van der Waals surface area contributed by atoms with Gasteiger partial charge in [0.15, 0.2) is 0 Å². The van der Waals surface area contributed by atoms with Crippen LogP contribution >= 0.6 is 0 Å². The van der Waals surface area contributed by atoms with Crippen LogP contribution in [0.15, 0.2) is 48.0 Å². The van der Waals surface area contributed by atoms with Crippen molar-refractivity contribution in [2.24, 2.45) is 5.73 Å². The molecule has 0 aromatic heterocycles. The van der Waals surface area contributed by atoms with E-state index in [1.165, 1.54) is 0 Å². The fraction of sp³-hybridized carbons (Fsp3) is 0.333. The van der Waals surface area contributed by atoms with Crippen molar-refractivity contribution in [1.29, 1.82) is 0 Å². The van der Waals surface area contributed by atoms with E-state index in [0.717, 1.165) is 23.5 Å². The number of nitrogens with one attached hydrogen (secondary N) is 1. The molecule has 0 saturated heterocycles. The highest BCUT2D eigenvalue weighted by Gasteiger charge is 1.91. The molecule has 78 valence electrons. The first-order valence-electron chi connectivity index (χ1n) is 4.85. The van der Waals surface area contributed by atoms with E-state index in [9.17, 15) is 0 Å². The Morgan fingerprint density at radius 3 is 2.36 bits per heavy atom. The number of hydrogen-bond donors (Lipinski definition) is 2. The molecule has 3 N–H and O–H groups in total. The summed E-state index contributed by atoms with van der Waals surface area (Å²) in [5.74, 6) is 0. The molecule has 0 spiro atoms. The lowest BCUT2D eigenvalue weighted by Gasteiger charge is -2.07. The summed E-state index contributed by atoms with van der Waals surface area (Å²) in [5.41, 5.74) is 8.41. The number of hydrogen-bond acceptors (Lipinski definition) is 2. The molecule has 0 aliphatic carbocycles. The molecule has 0 saturated carbocycles. The molecule has 0 aliphatic rings. The smallest absolute Gasteiger partial charge is 0.0339 e. The Morgan fingerprint density at radius 1 is 1.29 bits per heavy atom. The average Bonchev–Trinajstić information content (AvgIpc) is 2.22. The van der Waals surface area contributed by atoms with E-state index in [4.69, 9.17) is 5.73 Å². The Morgan fingerprint density at radius 2 is 1.93 bits per heavy atom. The summed E-state index contributed by atoms with van der Waals surface area (Å²) in [6.07, 6.45) is 8.57. The molecule has 0 aromatic carbocycles. The monoisotopic (exact) mass is 192 g/mol. The molecule has 0 radical (unpaired) electrons. The Bertz CT molecular complexity index is 270. The lowest BCUT2D eigenvalue weighted by atomic mass is 10.3. The van der Waals surface area contributed by atoms with Crippen LogP contribution < -0.4 is 11.1 Å². The van der Waals surface area contributed by atoms with Crippen LogP contribution in [0.2, 0.25) is 0 Å². The second-order valence-corrected chi connectivity index (χ2v) is 2.95. The average molecular weight is 192 g/mol. The van der Waals surface area contributed by atoms with E-state index in [2.05, 4.69) is 18.8 Å². The molecule has 2 nitrogen and oxygen atoms in total. The van der Waals surface area contributed by atoms with Gasteiger partial charge in [0.1, 0.15) is 0 Å². The molecule has 0 rings (SSSR count). The van der Waals surface area contributed by atoms with Gasteiger partial charge in [-0.05, 0) is 32.4 Å². The predicted octanol–water partition coefficient (Wildman–Crippen LogP) is 2.82. The molecular formula is C12H20N2. The molecular weight excluding hydrogens is 172 g/mol. The number of nitrogens with two attached hydrogens (primary N) is 1. The Balaban J connectivity index is 4.32. The zero-order valence-electron chi connectivity index (χ0n) is 9.30. The largest absolute Gasteiger partial charge is 0.399 e. The highest BCUT2D eigenvalue weighted by Crippen LogP contribution is 2.00. The van der Waals surface area contributed by atoms with Gasteiger partial charge in [-0.2, -0.15) is 0 Å². The first-order valence-corrected chi connectivity index (χ1v) is 4.85. The standard InChI is InChI=1S/C12H20N2/c1-5-10(4)14-12(7-3)9-8-11(13)6-2/h6-9,14H,4-5,13H2,1-3H3/b9-8-,11-6-,12-7+. The minimum Gasteiger partial charge on any atom is -0.399 e. The van der Waals surface area contributed by atoms with Crippen molar-refractivity contribution in [2.45, 2.75) is 27.2 Å². The molecule has 2 heteroatoms. The van der Waals surface area contributed by atoms with Gasteiger partial charge in [0.05, 0.1) is 0 Å². The molecule has 0 heterocycles. The summed E-state index contributed by atoms with van der Waals surface area (Å²) in [6.45, 7) is 9.82. The van der Waals surface area contributed by atoms with Gasteiger partial charge in [0.2, 0.25) is 0 Å². The first-order chi connectivity index (χ1) is 6.63. The van der Waals surface area contributed by atoms with Crippen molar-refractivity contribution in [3.63, 3.8) is 0 Å². The van der Waals surface area contributed by atoms with Gasteiger partial charge in [-0.15, -0.1) is 0 Å². The van der Waals surface area contributed by atoms with Crippen molar-refractivity contribution in [3.05, 3.63) is 48.0 Å². The SMILES string of the molecule is C=C(CC)NC(/C=C\C(N)=C\C)=C/C. The second-order valence-electron chi connectivity index (χ2n) is 2.95. The number of allylic oxidation sites excluding steroid dienone is 5. The van der Waals surface area contributed by atoms with Crippen molar-refractivity contribution in [3.8, 4) is 0 Å². The topological polar surface area (TPSA) is 38.0 Å². The quantitative estimate of drug-likeness (QED) is 0.657. The highest BCUT2D eigenvalue weighted by atomic mass is 14.9. The lowest BCUT2D eigenvalue weighted by Crippen LogP contribution is -2.09. The fourth-order valence-corrected chi connectivity index (χ4v) is 0.785. The van der Waals surface area contributed by atoms with E-state index in [-0.39, 0.29) is 0 Å². The molecule has 0 unspecified atom stereocenters. The normalized spacial score (nSPS) is 13.4. The molecule has 0 atom stereocenters. The summed E-state index contributed by atoms with van der Waals surface area (Å²) < 4.78 is 0. The van der Waals surface area contributed by atoms with Crippen molar-refractivity contribution >= 4 is 0 Å². The Hall–Kier alpha value is -1.44. The van der Waals surface area contributed by atoms with Crippen molar-refractivity contribution in [1.82, 2.24) is 5.32 Å². The zero-order chi connectivity index (χ0) is 11.0. The van der Waals surface area contributed by atoms with Crippen LogP contribution in [0.1, 0.15) is 27.2 Å². The van der Waals surface area contributed by atoms with E-state index in [1.54, 1.807) is 0 Å². The summed E-state index contributed by atoms with van der Waals surface area (Å²) in [6, 6.07) is 0. The van der Waals surface area contributed by atoms with Gasteiger partial charge >= 0.3 is 0 Å². The van der Waals surface area contributed by atoms with Gasteiger partial charge in [-0.3, -0.25) is 0 Å². The molecule has 0 bridgehead atoms. The van der Waals surface area contributed by atoms with Crippen LogP contribution in [0.25, 0.3) is 0 Å². The van der Waals surface area contributed by atoms with Crippen LogP contribution in [0.4, 0.5) is 0 Å². The van der Waals surface area contributed by atoms with Crippen molar-refractivity contribution in [2.75, 3.05) is 0 Å². The summed E-state index contributed by atoms with van der Waals surface area (Å²) in [4.78, 5) is 0. The van der Waals surface area contributed by atoms with Gasteiger partial charge in [-0.1, -0.05) is 25.7 Å². The van der Waals surface area contributed by atoms with E-state index in [0.29, 0.717) is 0 Å². The third kappa shape index (κ3) is 5.25. The van der Waals surface area contributed by atoms with Gasteiger partial charge < -0.3 is 11.1 Å². The van der Waals surface area contributed by atoms with Crippen LogP contribution in [0.3, 0.4) is 0 Å². The fourth-order valence-electron chi connectivity index (χ4n) is 0.785. The molecule has 0 aromatic rings. The molecule has 0 aliphatic heterocycles. The van der Waals surface area contributed by atoms with Crippen LogP contribution in [0.5, 0.6) is 0 Å². The van der Waals surface area contributed by atoms with Gasteiger partial charge in [0, 0.05) is 17.1 Å². The van der Waals surface area contributed by atoms with E-state index >= 15 is 0 Å². The third-order valence-electron chi connectivity index (χ3n) is 1.85. The lowest BCUT2D eigenvalue weighted by molar-refractivity contribution is 0.917. The number of rotatable bonds is 5. The maximum Gasteiger partial charge on any atom is 0.0339 e. The zero-order valence-corrected chi connectivity index (χ0v) is 9.30. The maximum atomic E-state index is 5.64. The Labute approximate surface area is 86.9 Å². The summed E-state index contributed by atoms with van der Waals surface area (Å²) >= 11 is 0. The van der Waals surface area contributed by atoms with Crippen LogP contribution in [-0.4, -0.2) is 0 Å². The summed E-state index contributed by atoms with van der Waals surface area (Å²) in [7, 11) is 0. The summed E-state index contributed by atoms with van der Waals surface area (Å²) in [5, 5.41) is 3.19.